The van der Waals surface area contributed by atoms with Gasteiger partial charge in [-0.15, -0.1) is 0 Å². The molecular weight excluding hydrogens is 342 g/mol. The first-order valence-electron chi connectivity index (χ1n) is 9.34. The van der Waals surface area contributed by atoms with Gasteiger partial charge in [-0.1, -0.05) is 25.0 Å². The Hall–Kier alpha value is -2.89. The number of benzene rings is 1. The first kappa shape index (κ1) is 18.9. The number of nitrogens with one attached hydrogen (secondary N) is 2. The van der Waals surface area contributed by atoms with Crippen LogP contribution in [0.5, 0.6) is 5.75 Å². The van der Waals surface area contributed by atoms with Crippen LogP contribution in [-0.4, -0.2) is 36.5 Å². The van der Waals surface area contributed by atoms with Crippen LogP contribution < -0.4 is 15.4 Å². The summed E-state index contributed by atoms with van der Waals surface area (Å²) in [6.45, 7) is 0.511. The molecule has 1 heterocycles. The van der Waals surface area contributed by atoms with Gasteiger partial charge in [0.25, 0.3) is 11.8 Å². The molecule has 0 aliphatic heterocycles. The number of carbonyl (C=O) groups is 2. The molecule has 0 atom stereocenters. The fourth-order valence-corrected chi connectivity index (χ4v) is 3.24. The summed E-state index contributed by atoms with van der Waals surface area (Å²) >= 11 is 0. The number of ether oxygens (including phenoxy) is 1. The fraction of sp³-hybridized carbons (Fsp3) is 0.381. The van der Waals surface area contributed by atoms with Gasteiger partial charge in [-0.05, 0) is 49.1 Å². The Balaban J connectivity index is 1.52. The third kappa shape index (κ3) is 5.29. The van der Waals surface area contributed by atoms with Gasteiger partial charge in [0.15, 0.2) is 0 Å². The van der Waals surface area contributed by atoms with Crippen molar-refractivity contribution in [1.29, 1.82) is 0 Å². The first-order valence-corrected chi connectivity index (χ1v) is 9.34. The molecule has 1 aliphatic rings. The van der Waals surface area contributed by atoms with E-state index in [2.05, 4.69) is 15.6 Å². The molecule has 0 spiro atoms. The van der Waals surface area contributed by atoms with Gasteiger partial charge in [-0.3, -0.25) is 14.6 Å². The van der Waals surface area contributed by atoms with Gasteiger partial charge < -0.3 is 15.4 Å². The van der Waals surface area contributed by atoms with Crippen LogP contribution in [0.2, 0.25) is 0 Å². The Morgan fingerprint density at radius 2 is 1.85 bits per heavy atom. The highest BCUT2D eigenvalue weighted by Gasteiger charge is 2.19. The van der Waals surface area contributed by atoms with Crippen molar-refractivity contribution >= 4 is 11.8 Å². The average Bonchev–Trinajstić information content (AvgIpc) is 3.21. The van der Waals surface area contributed by atoms with E-state index in [4.69, 9.17) is 4.74 Å². The van der Waals surface area contributed by atoms with Crippen molar-refractivity contribution < 1.29 is 14.3 Å². The van der Waals surface area contributed by atoms with E-state index in [1.54, 1.807) is 19.2 Å². The van der Waals surface area contributed by atoms with Gasteiger partial charge in [0.05, 0.1) is 7.11 Å². The standard InChI is InChI=1S/C21H25N3O3/c1-27-18-8-6-15(7-9-18)10-12-23-20(25)16-11-13-22-19(14-16)21(26)24-17-4-2-3-5-17/h6-9,11,13-14,17H,2-5,10,12H2,1H3,(H,23,25)(H,24,26). The third-order valence-electron chi connectivity index (χ3n) is 4.80. The maximum Gasteiger partial charge on any atom is 0.270 e. The normalized spacial score (nSPS) is 14.0. The molecule has 1 fully saturated rings. The largest absolute Gasteiger partial charge is 0.497 e. The molecule has 0 saturated heterocycles. The quantitative estimate of drug-likeness (QED) is 0.789. The van der Waals surface area contributed by atoms with Gasteiger partial charge in [0, 0.05) is 24.3 Å². The highest BCUT2D eigenvalue weighted by Crippen LogP contribution is 2.18. The summed E-state index contributed by atoms with van der Waals surface area (Å²) in [7, 11) is 1.63. The van der Waals surface area contributed by atoms with Crippen LogP contribution in [0.3, 0.4) is 0 Å². The van der Waals surface area contributed by atoms with Crippen molar-refractivity contribution in [2.45, 2.75) is 38.1 Å². The minimum absolute atomic E-state index is 0.208. The average molecular weight is 367 g/mol. The van der Waals surface area contributed by atoms with E-state index < -0.39 is 0 Å². The second-order valence-electron chi connectivity index (χ2n) is 6.74. The number of aromatic nitrogens is 1. The topological polar surface area (TPSA) is 80.3 Å². The molecule has 6 nitrogen and oxygen atoms in total. The number of methoxy groups -OCH3 is 1. The maximum absolute atomic E-state index is 12.4. The number of pyridine rings is 1. The molecule has 142 valence electrons. The van der Waals surface area contributed by atoms with Gasteiger partial charge in [0.2, 0.25) is 0 Å². The lowest BCUT2D eigenvalue weighted by Gasteiger charge is -2.12. The summed E-state index contributed by atoms with van der Waals surface area (Å²) in [5, 5.41) is 5.88. The zero-order valence-corrected chi connectivity index (χ0v) is 15.5. The molecule has 0 radical (unpaired) electrons. The summed E-state index contributed by atoms with van der Waals surface area (Å²) in [4.78, 5) is 28.8. The van der Waals surface area contributed by atoms with Crippen molar-refractivity contribution in [1.82, 2.24) is 15.6 Å². The molecule has 0 bridgehead atoms. The predicted octanol–water partition coefficient (Wildman–Crippen LogP) is 2.74. The minimum atomic E-state index is -0.213. The van der Waals surface area contributed by atoms with E-state index in [9.17, 15) is 9.59 Å². The zero-order chi connectivity index (χ0) is 19.1. The Bertz CT molecular complexity index is 784. The lowest BCUT2D eigenvalue weighted by Crippen LogP contribution is -2.33. The molecule has 1 aromatic carbocycles. The summed E-state index contributed by atoms with van der Waals surface area (Å²) in [6.07, 6.45) is 6.54. The fourth-order valence-electron chi connectivity index (χ4n) is 3.24. The van der Waals surface area contributed by atoms with Crippen LogP contribution >= 0.6 is 0 Å². The molecule has 1 saturated carbocycles. The van der Waals surface area contributed by atoms with Crippen molar-refractivity contribution in [3.05, 3.63) is 59.4 Å². The van der Waals surface area contributed by atoms with Crippen LogP contribution in [0.1, 0.15) is 52.1 Å². The van der Waals surface area contributed by atoms with Crippen LogP contribution in [0.4, 0.5) is 0 Å². The van der Waals surface area contributed by atoms with Gasteiger partial charge in [0.1, 0.15) is 11.4 Å². The second kappa shape index (κ2) is 9.16. The number of hydrogen-bond acceptors (Lipinski definition) is 4. The highest BCUT2D eigenvalue weighted by molar-refractivity contribution is 5.98. The second-order valence-corrected chi connectivity index (χ2v) is 6.74. The molecule has 1 aliphatic carbocycles. The molecule has 3 rings (SSSR count). The van der Waals surface area contributed by atoms with Crippen LogP contribution in [-0.2, 0) is 6.42 Å². The molecule has 2 amide bonds. The van der Waals surface area contributed by atoms with E-state index in [0.717, 1.165) is 43.4 Å². The molecular formula is C21H25N3O3. The highest BCUT2D eigenvalue weighted by atomic mass is 16.5. The smallest absolute Gasteiger partial charge is 0.270 e. The Labute approximate surface area is 159 Å². The first-order chi connectivity index (χ1) is 13.2. The van der Waals surface area contributed by atoms with Gasteiger partial charge >= 0.3 is 0 Å². The van der Waals surface area contributed by atoms with Crippen molar-refractivity contribution in [2.24, 2.45) is 0 Å². The maximum atomic E-state index is 12.4. The van der Waals surface area contributed by atoms with E-state index in [1.807, 2.05) is 24.3 Å². The van der Waals surface area contributed by atoms with E-state index >= 15 is 0 Å². The number of nitrogens with zero attached hydrogens (tertiary/aromatic N) is 1. The van der Waals surface area contributed by atoms with Crippen molar-refractivity contribution in [3.63, 3.8) is 0 Å². The van der Waals surface area contributed by atoms with Gasteiger partial charge in [-0.2, -0.15) is 0 Å². The van der Waals surface area contributed by atoms with Crippen molar-refractivity contribution in [3.8, 4) is 5.75 Å². The molecule has 27 heavy (non-hydrogen) atoms. The van der Waals surface area contributed by atoms with Crippen LogP contribution in [0.25, 0.3) is 0 Å². The van der Waals surface area contributed by atoms with E-state index in [-0.39, 0.29) is 23.6 Å². The monoisotopic (exact) mass is 367 g/mol. The summed E-state index contributed by atoms with van der Waals surface area (Å²) in [6, 6.07) is 11.1. The van der Waals surface area contributed by atoms with Crippen molar-refractivity contribution in [2.75, 3.05) is 13.7 Å². The Kier molecular flexibility index (Phi) is 6.41. The lowest BCUT2D eigenvalue weighted by molar-refractivity contribution is 0.0933. The lowest BCUT2D eigenvalue weighted by atomic mass is 10.1. The molecule has 6 heteroatoms. The molecule has 1 aromatic heterocycles. The number of amides is 2. The number of carbonyl (C=O) groups excluding carboxylic acids is 2. The molecule has 2 aromatic rings. The number of rotatable bonds is 7. The third-order valence-corrected chi connectivity index (χ3v) is 4.80. The summed E-state index contributed by atoms with van der Waals surface area (Å²) in [5.74, 6) is 0.388. The minimum Gasteiger partial charge on any atom is -0.497 e. The summed E-state index contributed by atoms with van der Waals surface area (Å²) in [5.41, 5.74) is 1.84. The van der Waals surface area contributed by atoms with Crippen LogP contribution in [0, 0.1) is 0 Å². The van der Waals surface area contributed by atoms with E-state index in [1.165, 1.54) is 6.20 Å². The Morgan fingerprint density at radius 3 is 2.56 bits per heavy atom. The molecule has 2 N–H and O–H groups in total. The number of hydrogen-bond donors (Lipinski definition) is 2. The molecule has 0 unspecified atom stereocenters. The summed E-state index contributed by atoms with van der Waals surface area (Å²) < 4.78 is 5.13. The van der Waals surface area contributed by atoms with Crippen LogP contribution in [0.15, 0.2) is 42.6 Å². The SMILES string of the molecule is COc1ccc(CCNC(=O)c2ccnc(C(=O)NC3CCCC3)c2)cc1. The van der Waals surface area contributed by atoms with Gasteiger partial charge in [-0.25, -0.2) is 0 Å². The zero-order valence-electron chi connectivity index (χ0n) is 15.5. The van der Waals surface area contributed by atoms with E-state index in [0.29, 0.717) is 12.1 Å². The predicted molar refractivity (Wildman–Crippen MR) is 103 cm³/mol. The Morgan fingerprint density at radius 1 is 1.11 bits per heavy atom.